The van der Waals surface area contributed by atoms with E-state index in [0.29, 0.717) is 18.8 Å². The van der Waals surface area contributed by atoms with Crippen LogP contribution in [0.15, 0.2) is 30.3 Å². The fourth-order valence-corrected chi connectivity index (χ4v) is 1.49. The summed E-state index contributed by atoms with van der Waals surface area (Å²) in [5, 5.41) is 0. The van der Waals surface area contributed by atoms with Crippen molar-refractivity contribution in [2.24, 2.45) is 0 Å². The third-order valence-electron chi connectivity index (χ3n) is 2.47. The van der Waals surface area contributed by atoms with E-state index in [1.807, 2.05) is 6.07 Å². The van der Waals surface area contributed by atoms with Crippen molar-refractivity contribution < 1.29 is 14.3 Å². The number of anilines is 1. The number of ether oxygens (including phenoxy) is 1. The number of rotatable bonds is 6. The van der Waals surface area contributed by atoms with Gasteiger partial charge in [0.1, 0.15) is 0 Å². The van der Waals surface area contributed by atoms with Crippen LogP contribution in [0.4, 0.5) is 10.5 Å². The number of hydrogen-bond donors (Lipinski definition) is 0. The number of nitrogens with zero attached hydrogens (tertiary/aromatic N) is 2. The van der Waals surface area contributed by atoms with Gasteiger partial charge < -0.3 is 9.64 Å². The molecule has 18 heavy (non-hydrogen) atoms. The Kier molecular flexibility index (Phi) is 5.87. The van der Waals surface area contributed by atoms with Crippen molar-refractivity contribution in [2.75, 3.05) is 32.2 Å². The highest BCUT2D eigenvalue weighted by molar-refractivity contribution is 6.06. The van der Waals surface area contributed by atoms with E-state index in [2.05, 4.69) is 0 Å². The molecule has 0 unspecified atom stereocenters. The SMILES string of the molecule is COCCCN(C)C(=O)N([C]=O)c1ccccc1. The minimum Gasteiger partial charge on any atom is -0.385 e. The van der Waals surface area contributed by atoms with Crippen molar-refractivity contribution in [3.05, 3.63) is 30.3 Å². The Bertz CT molecular complexity index is 381. The number of para-hydroxylation sites is 1. The van der Waals surface area contributed by atoms with Crippen LogP contribution < -0.4 is 4.90 Å². The van der Waals surface area contributed by atoms with Gasteiger partial charge in [-0.15, -0.1) is 0 Å². The maximum absolute atomic E-state index is 12.0. The molecule has 0 aliphatic rings. The fraction of sp³-hybridized carbons (Fsp3) is 0.385. The first-order valence-corrected chi connectivity index (χ1v) is 5.67. The number of amides is 3. The molecule has 0 heterocycles. The number of hydrogen-bond acceptors (Lipinski definition) is 3. The first kappa shape index (κ1) is 14.2. The lowest BCUT2D eigenvalue weighted by Gasteiger charge is -2.22. The third kappa shape index (κ3) is 3.85. The largest absolute Gasteiger partial charge is 0.385 e. The van der Waals surface area contributed by atoms with Crippen molar-refractivity contribution in [3.8, 4) is 0 Å². The molecule has 1 aromatic carbocycles. The van der Waals surface area contributed by atoms with Crippen molar-refractivity contribution in [1.29, 1.82) is 0 Å². The Morgan fingerprint density at radius 1 is 1.33 bits per heavy atom. The van der Waals surface area contributed by atoms with Crippen LogP contribution in [-0.2, 0) is 9.53 Å². The first-order chi connectivity index (χ1) is 8.70. The summed E-state index contributed by atoms with van der Waals surface area (Å²) < 4.78 is 4.91. The molecule has 1 aromatic rings. The molecule has 0 fully saturated rings. The van der Waals surface area contributed by atoms with E-state index < -0.39 is 6.03 Å². The van der Waals surface area contributed by atoms with Crippen LogP contribution in [0.1, 0.15) is 6.42 Å². The molecular formula is C13H17N2O3. The van der Waals surface area contributed by atoms with Gasteiger partial charge in [-0.1, -0.05) is 18.2 Å². The molecule has 5 nitrogen and oxygen atoms in total. The molecule has 5 heteroatoms. The van der Waals surface area contributed by atoms with Crippen molar-refractivity contribution in [2.45, 2.75) is 6.42 Å². The second-order valence-electron chi connectivity index (χ2n) is 3.81. The van der Waals surface area contributed by atoms with Crippen LogP contribution in [0, 0.1) is 0 Å². The van der Waals surface area contributed by atoms with E-state index in [0.717, 1.165) is 11.3 Å². The van der Waals surface area contributed by atoms with Gasteiger partial charge in [0.25, 0.3) is 0 Å². The van der Waals surface area contributed by atoms with E-state index >= 15 is 0 Å². The van der Waals surface area contributed by atoms with Crippen molar-refractivity contribution in [1.82, 2.24) is 4.90 Å². The van der Waals surface area contributed by atoms with E-state index in [1.165, 1.54) is 4.90 Å². The minimum atomic E-state index is -0.396. The number of benzene rings is 1. The number of carbonyl (C=O) groups excluding carboxylic acids is 2. The quantitative estimate of drug-likeness (QED) is 0.569. The van der Waals surface area contributed by atoms with E-state index in [-0.39, 0.29) is 0 Å². The number of imide groups is 1. The van der Waals surface area contributed by atoms with Gasteiger partial charge in [0, 0.05) is 27.3 Å². The average Bonchev–Trinajstić information content (AvgIpc) is 2.41. The summed E-state index contributed by atoms with van der Waals surface area (Å²) in [7, 11) is 3.25. The molecule has 0 aliphatic heterocycles. The highest BCUT2D eigenvalue weighted by atomic mass is 16.5. The van der Waals surface area contributed by atoms with Gasteiger partial charge in [-0.3, -0.25) is 4.79 Å². The van der Waals surface area contributed by atoms with Crippen molar-refractivity contribution in [3.63, 3.8) is 0 Å². The van der Waals surface area contributed by atoms with Gasteiger partial charge in [-0.25, -0.2) is 9.69 Å². The zero-order chi connectivity index (χ0) is 13.4. The Labute approximate surface area is 107 Å². The molecular weight excluding hydrogens is 232 g/mol. The summed E-state index contributed by atoms with van der Waals surface area (Å²) in [6, 6.07) is 8.32. The lowest BCUT2D eigenvalue weighted by atomic mass is 10.3. The van der Waals surface area contributed by atoms with Gasteiger partial charge in [0.15, 0.2) is 0 Å². The van der Waals surface area contributed by atoms with Crippen LogP contribution in [0.25, 0.3) is 0 Å². The Morgan fingerprint density at radius 3 is 2.56 bits per heavy atom. The molecule has 0 saturated carbocycles. The van der Waals surface area contributed by atoms with Gasteiger partial charge >= 0.3 is 12.4 Å². The lowest BCUT2D eigenvalue weighted by Crippen LogP contribution is -2.41. The van der Waals surface area contributed by atoms with Gasteiger partial charge in [-0.05, 0) is 18.6 Å². The Morgan fingerprint density at radius 2 is 2.00 bits per heavy atom. The lowest BCUT2D eigenvalue weighted by molar-refractivity contribution is 0.178. The van der Waals surface area contributed by atoms with Crippen LogP contribution in [0.2, 0.25) is 0 Å². The zero-order valence-electron chi connectivity index (χ0n) is 10.6. The molecule has 0 saturated heterocycles. The third-order valence-corrected chi connectivity index (χ3v) is 2.47. The summed E-state index contributed by atoms with van der Waals surface area (Å²) in [4.78, 5) is 25.4. The first-order valence-electron chi connectivity index (χ1n) is 5.67. The molecule has 0 aromatic heterocycles. The van der Waals surface area contributed by atoms with Crippen LogP contribution in [0.5, 0.6) is 0 Å². The molecule has 1 rings (SSSR count). The van der Waals surface area contributed by atoms with Crippen LogP contribution >= 0.6 is 0 Å². The second kappa shape index (κ2) is 7.45. The average molecular weight is 249 g/mol. The highest BCUT2D eigenvalue weighted by Gasteiger charge is 2.19. The summed E-state index contributed by atoms with van der Waals surface area (Å²) in [5.41, 5.74) is 0.510. The number of urea groups is 1. The monoisotopic (exact) mass is 249 g/mol. The van der Waals surface area contributed by atoms with Gasteiger partial charge in [0.2, 0.25) is 0 Å². The van der Waals surface area contributed by atoms with Gasteiger partial charge in [0.05, 0.1) is 5.69 Å². The van der Waals surface area contributed by atoms with Crippen LogP contribution in [0.3, 0.4) is 0 Å². The number of carbonyl (C=O) groups is 1. The Balaban J connectivity index is 2.65. The summed E-state index contributed by atoms with van der Waals surface area (Å²) in [5.74, 6) is 0. The maximum atomic E-state index is 12.0. The maximum Gasteiger partial charge on any atom is 0.331 e. The van der Waals surface area contributed by atoms with Gasteiger partial charge in [-0.2, -0.15) is 0 Å². The molecule has 0 spiro atoms. The molecule has 1 radical (unpaired) electrons. The predicted octanol–water partition coefficient (Wildman–Crippen LogP) is 1.65. The minimum absolute atomic E-state index is 0.396. The molecule has 0 aliphatic carbocycles. The standard InChI is InChI=1S/C13H17N2O3/c1-14(9-6-10-18-2)13(17)15(11-16)12-7-4-3-5-8-12/h3-5,7-8H,6,9-10H2,1-2H3. The summed E-state index contributed by atoms with van der Waals surface area (Å²) in [6.07, 6.45) is 2.37. The fourth-order valence-electron chi connectivity index (χ4n) is 1.49. The second-order valence-corrected chi connectivity index (χ2v) is 3.81. The molecule has 97 valence electrons. The topological polar surface area (TPSA) is 49.9 Å². The highest BCUT2D eigenvalue weighted by Crippen LogP contribution is 2.13. The van der Waals surface area contributed by atoms with E-state index in [1.54, 1.807) is 44.8 Å². The van der Waals surface area contributed by atoms with Crippen LogP contribution in [-0.4, -0.2) is 44.7 Å². The smallest absolute Gasteiger partial charge is 0.331 e. The van der Waals surface area contributed by atoms with E-state index in [4.69, 9.17) is 4.74 Å². The summed E-state index contributed by atoms with van der Waals surface area (Å²) >= 11 is 0. The van der Waals surface area contributed by atoms with Crippen molar-refractivity contribution >= 4 is 18.1 Å². The normalized spacial score (nSPS) is 9.89. The molecule has 0 atom stereocenters. The molecule has 3 amide bonds. The van der Waals surface area contributed by atoms with E-state index in [9.17, 15) is 9.59 Å². The molecule has 0 N–H and O–H groups in total. The zero-order valence-corrected chi connectivity index (χ0v) is 10.6. The summed E-state index contributed by atoms with van der Waals surface area (Å²) in [6.45, 7) is 1.10. The predicted molar refractivity (Wildman–Crippen MR) is 69.1 cm³/mol. The number of methoxy groups -OCH3 is 1. The molecule has 0 bridgehead atoms. The Hall–Kier alpha value is -1.88.